The molecular weight excluding hydrogens is 602 g/mol. The number of amides is 1. The van der Waals surface area contributed by atoms with Crippen molar-refractivity contribution >= 4 is 30.3 Å². The fraction of sp³-hybridized carbons (Fsp3) is 0.406. The summed E-state index contributed by atoms with van der Waals surface area (Å²) in [6.07, 6.45) is -0.984. The van der Waals surface area contributed by atoms with Gasteiger partial charge in [-0.3, -0.25) is 4.90 Å². The second kappa shape index (κ2) is 12.1. The van der Waals surface area contributed by atoms with E-state index in [1.165, 1.54) is 4.90 Å². The lowest BCUT2D eigenvalue weighted by atomic mass is 9.99. The van der Waals surface area contributed by atoms with Gasteiger partial charge in [-0.1, -0.05) is 73.1 Å². The minimum atomic E-state index is -2.05. The van der Waals surface area contributed by atoms with Gasteiger partial charge in [0.05, 0.1) is 7.11 Å². The second-order valence-corrected chi connectivity index (χ2v) is 17.6. The van der Waals surface area contributed by atoms with E-state index < -0.39 is 26.2 Å². The van der Waals surface area contributed by atoms with Crippen molar-refractivity contribution in [2.45, 2.75) is 70.7 Å². The highest BCUT2D eigenvalue weighted by atomic mass is 79.9. The van der Waals surface area contributed by atoms with Crippen molar-refractivity contribution in [3.05, 3.63) is 87.9 Å². The molecule has 9 heteroatoms. The molecule has 1 aliphatic heterocycles. The second-order valence-electron chi connectivity index (χ2n) is 12.1. The first-order valence-electron chi connectivity index (χ1n) is 13.8. The van der Waals surface area contributed by atoms with Crippen LogP contribution in [-0.4, -0.2) is 43.8 Å². The highest BCUT2D eigenvalue weighted by molar-refractivity contribution is 9.10. The molecule has 1 fully saturated rings. The molecule has 1 aliphatic rings. The third kappa shape index (κ3) is 6.90. The van der Waals surface area contributed by atoms with Gasteiger partial charge >= 0.3 is 6.09 Å². The average Bonchev–Trinajstić information content (AvgIpc) is 3.14. The summed E-state index contributed by atoms with van der Waals surface area (Å²) in [6, 6.07) is 21.2. The van der Waals surface area contributed by atoms with Gasteiger partial charge in [0, 0.05) is 16.6 Å². The Balaban J connectivity index is 1.47. The molecule has 1 N–H and O–H groups in total. The van der Waals surface area contributed by atoms with Crippen LogP contribution in [0.2, 0.25) is 18.1 Å². The first kappa shape index (κ1) is 30.9. The molecule has 7 nitrogen and oxygen atoms in total. The van der Waals surface area contributed by atoms with Crippen LogP contribution in [-0.2, 0) is 17.8 Å². The van der Waals surface area contributed by atoms with E-state index in [0.29, 0.717) is 34.6 Å². The SMILES string of the molecule is COc1cc(CCN2C(=O)OC(c3cc(OCc4ccccc4)ccc3Br)C2(C)O)ccc1O[Si](C)(C)C(C)(C)C. The Morgan fingerprint density at radius 3 is 2.39 bits per heavy atom. The normalized spacial score (nSPS) is 19.2. The van der Waals surface area contributed by atoms with Crippen LogP contribution >= 0.6 is 15.9 Å². The maximum absolute atomic E-state index is 13.0. The van der Waals surface area contributed by atoms with Crippen molar-refractivity contribution in [1.29, 1.82) is 0 Å². The highest BCUT2D eigenvalue weighted by Gasteiger charge is 2.52. The molecule has 2 atom stereocenters. The topological polar surface area (TPSA) is 77.5 Å². The van der Waals surface area contributed by atoms with Gasteiger partial charge < -0.3 is 23.7 Å². The van der Waals surface area contributed by atoms with E-state index in [-0.39, 0.29) is 11.6 Å². The Morgan fingerprint density at radius 1 is 1.02 bits per heavy atom. The molecule has 0 spiro atoms. The van der Waals surface area contributed by atoms with Gasteiger partial charge in [0.2, 0.25) is 0 Å². The molecule has 2 unspecified atom stereocenters. The van der Waals surface area contributed by atoms with Crippen molar-refractivity contribution in [2.75, 3.05) is 13.7 Å². The molecule has 220 valence electrons. The average molecular weight is 643 g/mol. The van der Waals surface area contributed by atoms with Gasteiger partial charge in [0.25, 0.3) is 8.32 Å². The van der Waals surface area contributed by atoms with Crippen LogP contribution in [0, 0.1) is 0 Å². The molecule has 1 saturated heterocycles. The highest BCUT2D eigenvalue weighted by Crippen LogP contribution is 2.44. The van der Waals surface area contributed by atoms with Crippen LogP contribution in [0.15, 0.2) is 71.2 Å². The lowest BCUT2D eigenvalue weighted by Gasteiger charge is -2.36. The van der Waals surface area contributed by atoms with Gasteiger partial charge in [-0.2, -0.15) is 0 Å². The van der Waals surface area contributed by atoms with E-state index in [1.807, 2.05) is 60.7 Å². The number of nitrogens with zero attached hydrogens (tertiary/aromatic N) is 1. The van der Waals surface area contributed by atoms with Gasteiger partial charge in [-0.25, -0.2) is 4.79 Å². The predicted octanol–water partition coefficient (Wildman–Crippen LogP) is 7.87. The standard InChI is InChI=1S/C32H40BrNO6Si/c1-31(2,3)41(6,7)40-27-16-13-22(19-28(27)37-5)17-18-34-30(35)39-29(32(34,4)36)25-20-24(14-15-26(25)33)38-21-23-11-9-8-10-12-23/h8-16,19-20,29,36H,17-18,21H2,1-7H3. The van der Waals surface area contributed by atoms with Gasteiger partial charge in [0.15, 0.2) is 17.6 Å². The number of cyclic esters (lactones) is 1. The molecular formula is C32H40BrNO6Si. The molecule has 0 radical (unpaired) electrons. The molecule has 3 aromatic rings. The first-order valence-corrected chi connectivity index (χ1v) is 17.5. The number of benzene rings is 3. The van der Waals surface area contributed by atoms with E-state index in [0.717, 1.165) is 16.9 Å². The fourth-order valence-electron chi connectivity index (χ4n) is 4.45. The minimum Gasteiger partial charge on any atom is -0.541 e. The molecule has 1 heterocycles. The fourth-order valence-corrected chi connectivity index (χ4v) is 5.93. The summed E-state index contributed by atoms with van der Waals surface area (Å²) in [4.78, 5) is 14.4. The first-order chi connectivity index (χ1) is 19.2. The lowest BCUT2D eigenvalue weighted by molar-refractivity contribution is -0.0858. The van der Waals surface area contributed by atoms with Crippen LogP contribution in [0.5, 0.6) is 17.2 Å². The van der Waals surface area contributed by atoms with E-state index in [4.69, 9.17) is 18.6 Å². The number of hydrogen-bond acceptors (Lipinski definition) is 6. The molecule has 1 amide bonds. The van der Waals surface area contributed by atoms with Crippen LogP contribution in [0.25, 0.3) is 0 Å². The van der Waals surface area contributed by atoms with Crippen LogP contribution in [0.4, 0.5) is 4.79 Å². The molecule has 0 aliphatic carbocycles. The molecule has 4 rings (SSSR count). The number of aliphatic hydroxyl groups is 1. The number of rotatable bonds is 10. The number of halogens is 1. The summed E-state index contributed by atoms with van der Waals surface area (Å²) >= 11 is 3.56. The summed E-state index contributed by atoms with van der Waals surface area (Å²) < 4.78 is 24.5. The largest absolute Gasteiger partial charge is 0.541 e. The monoisotopic (exact) mass is 641 g/mol. The molecule has 41 heavy (non-hydrogen) atoms. The molecule has 0 aromatic heterocycles. The zero-order valence-electron chi connectivity index (χ0n) is 24.9. The van der Waals surface area contributed by atoms with Gasteiger partial charge in [0.1, 0.15) is 18.1 Å². The number of carbonyl (C=O) groups is 1. The van der Waals surface area contributed by atoms with Crippen molar-refractivity contribution in [3.8, 4) is 17.2 Å². The number of carbonyl (C=O) groups excluding carboxylic acids is 1. The maximum Gasteiger partial charge on any atom is 0.412 e. The Morgan fingerprint density at radius 2 is 1.73 bits per heavy atom. The minimum absolute atomic E-state index is 0.0530. The van der Waals surface area contributed by atoms with Crippen molar-refractivity contribution in [1.82, 2.24) is 4.90 Å². The summed E-state index contributed by atoms with van der Waals surface area (Å²) in [5.74, 6) is 1.98. The Hall–Kier alpha value is -3.01. The smallest absolute Gasteiger partial charge is 0.412 e. The zero-order chi connectivity index (χ0) is 30.0. The molecule has 0 saturated carbocycles. The van der Waals surface area contributed by atoms with E-state index in [1.54, 1.807) is 20.1 Å². The predicted molar refractivity (Wildman–Crippen MR) is 166 cm³/mol. The van der Waals surface area contributed by atoms with Crippen LogP contribution in [0.3, 0.4) is 0 Å². The Labute approximate surface area is 252 Å². The van der Waals surface area contributed by atoms with Gasteiger partial charge in [-0.05, 0) is 72.9 Å². The van der Waals surface area contributed by atoms with E-state index in [2.05, 4.69) is 49.8 Å². The third-order valence-electron chi connectivity index (χ3n) is 8.00. The zero-order valence-corrected chi connectivity index (χ0v) is 27.4. The Kier molecular flexibility index (Phi) is 9.11. The summed E-state index contributed by atoms with van der Waals surface area (Å²) in [7, 11) is -0.420. The number of methoxy groups -OCH3 is 1. The van der Waals surface area contributed by atoms with Crippen molar-refractivity contribution < 1.29 is 28.5 Å². The maximum atomic E-state index is 13.0. The third-order valence-corrected chi connectivity index (χ3v) is 13.1. The van der Waals surface area contributed by atoms with Crippen LogP contribution < -0.4 is 13.9 Å². The molecule has 0 bridgehead atoms. The van der Waals surface area contributed by atoms with Crippen molar-refractivity contribution in [2.24, 2.45) is 0 Å². The summed E-state index contributed by atoms with van der Waals surface area (Å²) in [6.45, 7) is 13.2. The number of ether oxygens (including phenoxy) is 3. The number of hydrogen-bond donors (Lipinski definition) is 1. The summed E-state index contributed by atoms with van der Waals surface area (Å²) in [5.41, 5.74) is 1.05. The lowest BCUT2D eigenvalue weighted by Crippen LogP contribution is -2.46. The molecule has 3 aromatic carbocycles. The van der Waals surface area contributed by atoms with Gasteiger partial charge in [-0.15, -0.1) is 0 Å². The van der Waals surface area contributed by atoms with Crippen LogP contribution in [0.1, 0.15) is 50.5 Å². The van der Waals surface area contributed by atoms with E-state index >= 15 is 0 Å². The van der Waals surface area contributed by atoms with Crippen molar-refractivity contribution in [3.63, 3.8) is 0 Å². The van der Waals surface area contributed by atoms with E-state index in [9.17, 15) is 9.90 Å². The quantitative estimate of drug-likeness (QED) is 0.227. The summed E-state index contributed by atoms with van der Waals surface area (Å²) in [5, 5.41) is 11.6. The Bertz CT molecular complexity index is 1370.